The molecule has 0 radical (unpaired) electrons. The van der Waals surface area contributed by atoms with Crippen molar-refractivity contribution in [2.24, 2.45) is 0 Å². The minimum absolute atomic E-state index is 0.0238. The number of benzene rings is 2. The second-order valence-corrected chi connectivity index (χ2v) is 7.39. The lowest BCUT2D eigenvalue weighted by atomic mass is 10.1. The number of aryl methyl sites for hydroxylation is 1. The molecule has 28 heavy (non-hydrogen) atoms. The first-order valence-electron chi connectivity index (χ1n) is 8.08. The maximum Gasteiger partial charge on any atom is 0.303 e. The fraction of sp³-hybridized carbons (Fsp3) is 0.158. The zero-order valence-corrected chi connectivity index (χ0v) is 16.5. The molecule has 2 aromatic carbocycles. The van der Waals surface area contributed by atoms with Crippen LogP contribution in [0, 0.1) is 11.6 Å². The summed E-state index contributed by atoms with van der Waals surface area (Å²) in [6.45, 7) is -0.113. The van der Waals surface area contributed by atoms with Crippen LogP contribution >= 0.6 is 34.7 Å². The highest BCUT2D eigenvalue weighted by Crippen LogP contribution is 2.35. The predicted molar refractivity (Wildman–Crippen MR) is 104 cm³/mol. The summed E-state index contributed by atoms with van der Waals surface area (Å²) < 4.78 is 37.9. The Morgan fingerprint density at radius 1 is 1.11 bits per heavy atom. The summed E-state index contributed by atoms with van der Waals surface area (Å²) in [5.41, 5.74) is 1.34. The molecule has 0 atom stereocenters. The van der Waals surface area contributed by atoms with Gasteiger partial charge in [0.1, 0.15) is 11.8 Å². The maximum absolute atomic E-state index is 14.3. The minimum Gasteiger partial charge on any atom is -0.486 e. The number of aromatic nitrogens is 1. The molecule has 0 unspecified atom stereocenters. The van der Waals surface area contributed by atoms with Gasteiger partial charge < -0.3 is 9.84 Å². The number of carbonyl (C=O) groups is 1. The van der Waals surface area contributed by atoms with Crippen molar-refractivity contribution < 1.29 is 23.4 Å². The molecular formula is C19H13Cl2F2NO3S. The van der Waals surface area contributed by atoms with E-state index in [4.69, 9.17) is 33.0 Å². The van der Waals surface area contributed by atoms with E-state index in [0.29, 0.717) is 10.6 Å². The molecule has 0 saturated carbocycles. The average molecular weight is 444 g/mol. The van der Waals surface area contributed by atoms with Gasteiger partial charge in [0.25, 0.3) is 0 Å². The summed E-state index contributed by atoms with van der Waals surface area (Å²) in [5.74, 6) is -3.67. The van der Waals surface area contributed by atoms with Crippen molar-refractivity contribution in [1.82, 2.24) is 4.37 Å². The number of carboxylic acids is 1. The Hall–Kier alpha value is -2.22. The summed E-state index contributed by atoms with van der Waals surface area (Å²) in [6, 6.07) is 9.62. The van der Waals surface area contributed by atoms with Crippen molar-refractivity contribution in [3.63, 3.8) is 0 Å². The number of rotatable bonds is 7. The maximum atomic E-state index is 14.3. The van der Waals surface area contributed by atoms with Gasteiger partial charge in [0.2, 0.25) is 5.82 Å². The van der Waals surface area contributed by atoms with E-state index in [-0.39, 0.29) is 35.9 Å². The summed E-state index contributed by atoms with van der Waals surface area (Å²) in [4.78, 5) is 11.3. The second-order valence-electron chi connectivity index (χ2n) is 5.82. The van der Waals surface area contributed by atoms with Crippen LogP contribution in [0.1, 0.15) is 17.5 Å². The van der Waals surface area contributed by atoms with Crippen molar-refractivity contribution >= 4 is 40.7 Å². The Balaban J connectivity index is 1.79. The normalized spacial score (nSPS) is 10.9. The molecule has 3 rings (SSSR count). The predicted octanol–water partition coefficient (Wildman–Crippen LogP) is 5.99. The van der Waals surface area contributed by atoms with E-state index in [0.717, 1.165) is 22.0 Å². The Bertz CT molecular complexity index is 1010. The zero-order valence-electron chi connectivity index (χ0n) is 14.2. The number of aliphatic carboxylic acids is 1. The smallest absolute Gasteiger partial charge is 0.303 e. The fourth-order valence-corrected chi connectivity index (χ4v) is 3.73. The molecule has 1 N–H and O–H groups in total. The highest BCUT2D eigenvalue weighted by Gasteiger charge is 2.18. The molecule has 1 heterocycles. The lowest BCUT2D eigenvalue weighted by Crippen LogP contribution is -2.04. The minimum atomic E-state index is -1.17. The van der Waals surface area contributed by atoms with Crippen LogP contribution in [0.5, 0.6) is 5.75 Å². The largest absolute Gasteiger partial charge is 0.486 e. The van der Waals surface area contributed by atoms with E-state index < -0.39 is 17.6 Å². The lowest BCUT2D eigenvalue weighted by molar-refractivity contribution is -0.136. The quantitative estimate of drug-likeness (QED) is 0.486. The monoisotopic (exact) mass is 443 g/mol. The number of nitrogens with zero attached hydrogens (tertiary/aromatic N) is 1. The highest BCUT2D eigenvalue weighted by atomic mass is 35.5. The second kappa shape index (κ2) is 8.86. The van der Waals surface area contributed by atoms with E-state index in [1.165, 1.54) is 12.1 Å². The molecule has 0 aliphatic heterocycles. The van der Waals surface area contributed by atoms with Crippen molar-refractivity contribution in [2.75, 3.05) is 0 Å². The Morgan fingerprint density at radius 2 is 1.82 bits per heavy atom. The molecule has 0 spiro atoms. The summed E-state index contributed by atoms with van der Waals surface area (Å²) >= 11 is 13.2. The number of halogens is 4. The van der Waals surface area contributed by atoms with E-state index >= 15 is 0 Å². The van der Waals surface area contributed by atoms with Gasteiger partial charge in [-0.15, -0.1) is 0 Å². The molecule has 0 aliphatic carbocycles. The van der Waals surface area contributed by atoms with Crippen LogP contribution in [0.15, 0.2) is 36.4 Å². The number of hydrogen-bond donors (Lipinski definition) is 1. The van der Waals surface area contributed by atoms with Crippen molar-refractivity contribution in [3.8, 4) is 16.2 Å². The van der Waals surface area contributed by atoms with Gasteiger partial charge in [0.05, 0.1) is 4.88 Å². The van der Waals surface area contributed by atoms with Gasteiger partial charge >= 0.3 is 5.97 Å². The molecule has 0 bridgehead atoms. The van der Waals surface area contributed by atoms with Crippen LogP contribution in [0.3, 0.4) is 0 Å². The van der Waals surface area contributed by atoms with Gasteiger partial charge in [-0.2, -0.15) is 8.76 Å². The first-order valence-corrected chi connectivity index (χ1v) is 9.61. The Kier molecular flexibility index (Phi) is 6.49. The van der Waals surface area contributed by atoms with E-state index in [1.807, 2.05) is 0 Å². The molecule has 0 aliphatic rings. The van der Waals surface area contributed by atoms with E-state index in [1.54, 1.807) is 24.3 Å². The van der Waals surface area contributed by atoms with Crippen LogP contribution in [-0.4, -0.2) is 15.4 Å². The van der Waals surface area contributed by atoms with Crippen LogP contribution in [0.4, 0.5) is 8.78 Å². The molecule has 0 amide bonds. The Labute approximate surface area is 173 Å². The van der Waals surface area contributed by atoms with Crippen LogP contribution < -0.4 is 4.74 Å². The number of carboxylic acid groups (broad SMARTS) is 1. The standard InChI is InChI=1S/C19H13Cl2F2NO3S/c20-12-5-1-11(2-6-12)18-13(19(21)24-28-18)9-27-14-7-3-10(4-8-15(25)26)16(22)17(14)23/h1-3,5-7H,4,8-9H2,(H,25,26). The summed E-state index contributed by atoms with van der Waals surface area (Å²) in [6.07, 6.45) is -0.406. The molecule has 1 aromatic heterocycles. The number of ether oxygens (including phenoxy) is 1. The van der Waals surface area contributed by atoms with E-state index in [2.05, 4.69) is 4.37 Å². The van der Waals surface area contributed by atoms with Gasteiger partial charge in [-0.3, -0.25) is 4.79 Å². The highest BCUT2D eigenvalue weighted by molar-refractivity contribution is 7.10. The third kappa shape index (κ3) is 4.60. The first kappa shape index (κ1) is 20.5. The zero-order chi connectivity index (χ0) is 20.3. The molecule has 146 valence electrons. The van der Waals surface area contributed by atoms with E-state index in [9.17, 15) is 13.6 Å². The summed E-state index contributed by atoms with van der Waals surface area (Å²) in [7, 11) is 0. The van der Waals surface area contributed by atoms with Gasteiger partial charge in [0, 0.05) is 17.0 Å². The van der Waals surface area contributed by atoms with Crippen molar-refractivity contribution in [3.05, 3.63) is 69.3 Å². The lowest BCUT2D eigenvalue weighted by Gasteiger charge is -2.11. The third-order valence-corrected chi connectivity index (χ3v) is 5.56. The molecule has 4 nitrogen and oxygen atoms in total. The fourth-order valence-electron chi connectivity index (χ4n) is 2.51. The van der Waals surface area contributed by atoms with Gasteiger partial charge in [0.15, 0.2) is 11.6 Å². The summed E-state index contributed by atoms with van der Waals surface area (Å²) in [5, 5.41) is 9.47. The van der Waals surface area contributed by atoms with Crippen LogP contribution in [0.2, 0.25) is 10.2 Å². The van der Waals surface area contributed by atoms with Crippen molar-refractivity contribution in [1.29, 1.82) is 0 Å². The molecule has 3 aromatic rings. The molecule has 0 fully saturated rings. The average Bonchev–Trinajstić information content (AvgIpc) is 3.03. The third-order valence-electron chi connectivity index (χ3n) is 3.95. The van der Waals surface area contributed by atoms with Gasteiger partial charge in [-0.1, -0.05) is 41.4 Å². The van der Waals surface area contributed by atoms with Gasteiger partial charge in [-0.25, -0.2) is 4.39 Å². The molecular weight excluding hydrogens is 431 g/mol. The van der Waals surface area contributed by atoms with Gasteiger partial charge in [-0.05, 0) is 47.3 Å². The van der Waals surface area contributed by atoms with Crippen LogP contribution in [0.25, 0.3) is 10.4 Å². The topological polar surface area (TPSA) is 59.4 Å². The molecule has 0 saturated heterocycles. The first-order chi connectivity index (χ1) is 13.4. The SMILES string of the molecule is O=C(O)CCc1ccc(OCc2c(Cl)nsc2-c2ccc(Cl)cc2)c(F)c1F. The Morgan fingerprint density at radius 3 is 2.50 bits per heavy atom. The van der Waals surface area contributed by atoms with Crippen LogP contribution in [-0.2, 0) is 17.8 Å². The number of hydrogen-bond acceptors (Lipinski definition) is 4. The molecule has 9 heteroatoms. The van der Waals surface area contributed by atoms with Crippen molar-refractivity contribution in [2.45, 2.75) is 19.4 Å².